The van der Waals surface area contributed by atoms with E-state index in [9.17, 15) is 9.90 Å². The lowest BCUT2D eigenvalue weighted by Crippen LogP contribution is -2.23. The Labute approximate surface area is 117 Å². The number of benzene rings is 1. The Morgan fingerprint density at radius 3 is 2.50 bits per heavy atom. The molecule has 0 saturated heterocycles. The van der Waals surface area contributed by atoms with E-state index >= 15 is 0 Å². The molecule has 2 rings (SSSR count). The average molecular weight is 270 g/mol. The highest BCUT2D eigenvalue weighted by atomic mass is 16.3. The molecule has 0 aliphatic heterocycles. The number of phenolic OH excluding ortho intramolecular Hbond substituents is 1. The average Bonchev–Trinajstić information content (AvgIpc) is 2.72. The number of hydrogen-bond donors (Lipinski definition) is 1. The molecule has 0 saturated carbocycles. The van der Waals surface area contributed by atoms with Gasteiger partial charge in [0.25, 0.3) is 0 Å². The van der Waals surface area contributed by atoms with Crippen molar-refractivity contribution in [2.45, 2.75) is 26.2 Å². The van der Waals surface area contributed by atoms with Crippen molar-refractivity contribution >= 4 is 18.9 Å². The Balaban J connectivity index is 2.45. The number of carbonyl (C=O) groups excluding carboxylic acids is 1. The Morgan fingerprint density at radius 1 is 1.25 bits per heavy atom. The predicted molar refractivity (Wildman–Crippen MR) is 79.2 cm³/mol. The first-order valence-corrected chi connectivity index (χ1v) is 6.68. The van der Waals surface area contributed by atoms with Crippen molar-refractivity contribution < 1.29 is 14.3 Å². The van der Waals surface area contributed by atoms with Crippen LogP contribution in [0.1, 0.15) is 41.4 Å². The predicted octanol–water partition coefficient (Wildman–Crippen LogP) is 2.38. The van der Waals surface area contributed by atoms with Crippen LogP contribution in [-0.4, -0.2) is 10.9 Å². The van der Waals surface area contributed by atoms with E-state index in [1.807, 2.05) is 0 Å². The summed E-state index contributed by atoms with van der Waals surface area (Å²) in [7, 11) is 0. The van der Waals surface area contributed by atoms with Gasteiger partial charge in [-0.15, -0.1) is 0 Å². The van der Waals surface area contributed by atoms with Gasteiger partial charge in [0.15, 0.2) is 5.78 Å². The number of phenols is 1. The molecule has 1 heterocycles. The monoisotopic (exact) mass is 270 g/mol. The summed E-state index contributed by atoms with van der Waals surface area (Å²) in [5, 5.41) is 9.84. The molecule has 1 N–H and O–H groups in total. The highest BCUT2D eigenvalue weighted by molar-refractivity contribution is 6.09. The smallest absolute Gasteiger partial charge is 0.197 e. The van der Waals surface area contributed by atoms with Gasteiger partial charge in [-0.25, -0.2) is 0 Å². The minimum Gasteiger partial charge on any atom is -0.508 e. The summed E-state index contributed by atoms with van der Waals surface area (Å²) in [6, 6.07) is 6.17. The molecule has 0 spiro atoms. The molecule has 0 radical (unpaired) electrons. The summed E-state index contributed by atoms with van der Waals surface area (Å²) < 4.78 is 5.57. The van der Waals surface area contributed by atoms with Crippen molar-refractivity contribution in [2.75, 3.05) is 0 Å². The van der Waals surface area contributed by atoms with Crippen LogP contribution >= 0.6 is 0 Å². The van der Waals surface area contributed by atoms with Crippen LogP contribution in [0.3, 0.4) is 0 Å². The molecule has 0 amide bonds. The molecule has 1 aromatic carbocycles. The van der Waals surface area contributed by atoms with E-state index in [2.05, 4.69) is 20.1 Å². The van der Waals surface area contributed by atoms with Crippen LogP contribution in [0.5, 0.6) is 5.75 Å². The van der Waals surface area contributed by atoms with Crippen LogP contribution in [0.2, 0.25) is 0 Å². The molecule has 0 aliphatic carbocycles. The van der Waals surface area contributed by atoms with E-state index < -0.39 is 0 Å². The zero-order chi connectivity index (χ0) is 14.7. The van der Waals surface area contributed by atoms with Crippen LogP contribution in [-0.2, 0) is 6.42 Å². The van der Waals surface area contributed by atoms with Crippen LogP contribution in [0.25, 0.3) is 13.2 Å². The largest absolute Gasteiger partial charge is 0.508 e. The summed E-state index contributed by atoms with van der Waals surface area (Å²) in [5.41, 5.74) is 1.46. The molecule has 0 aliphatic rings. The lowest BCUT2D eigenvalue weighted by atomic mass is 10.0. The van der Waals surface area contributed by atoms with Gasteiger partial charge in [-0.05, 0) is 30.7 Å². The first-order valence-electron chi connectivity index (χ1n) is 6.68. The SMILES string of the molecule is C=c1oc(CCCC)c(C(=O)c2ccc(O)cc2)c1=C. The summed E-state index contributed by atoms with van der Waals surface area (Å²) in [6.45, 7) is 9.75. The summed E-state index contributed by atoms with van der Waals surface area (Å²) in [4.78, 5) is 12.6. The van der Waals surface area contributed by atoms with Crippen molar-refractivity contribution in [1.29, 1.82) is 0 Å². The summed E-state index contributed by atoms with van der Waals surface area (Å²) in [6.07, 6.45) is 2.67. The second kappa shape index (κ2) is 5.78. The topological polar surface area (TPSA) is 50.4 Å². The van der Waals surface area contributed by atoms with Gasteiger partial charge in [0.2, 0.25) is 0 Å². The van der Waals surface area contributed by atoms with Crippen molar-refractivity contribution in [3.8, 4) is 5.75 Å². The Bertz CT molecular complexity index is 708. The van der Waals surface area contributed by atoms with Crippen LogP contribution in [0.4, 0.5) is 0 Å². The third-order valence-electron chi connectivity index (χ3n) is 3.28. The van der Waals surface area contributed by atoms with Gasteiger partial charge in [0.05, 0.1) is 5.56 Å². The number of rotatable bonds is 5. The molecular weight excluding hydrogens is 252 g/mol. The number of carbonyl (C=O) groups is 1. The number of aromatic hydroxyl groups is 1. The highest BCUT2D eigenvalue weighted by Gasteiger charge is 2.18. The number of unbranched alkanes of at least 4 members (excludes halogenated alkanes) is 1. The van der Waals surface area contributed by atoms with Crippen molar-refractivity contribution in [2.24, 2.45) is 0 Å². The van der Waals surface area contributed by atoms with Gasteiger partial charge in [0.1, 0.15) is 16.9 Å². The van der Waals surface area contributed by atoms with Crippen LogP contribution < -0.4 is 10.6 Å². The highest BCUT2D eigenvalue weighted by Crippen LogP contribution is 2.15. The Hall–Kier alpha value is -2.29. The third kappa shape index (κ3) is 2.67. The van der Waals surface area contributed by atoms with Gasteiger partial charge in [-0.1, -0.05) is 26.5 Å². The van der Waals surface area contributed by atoms with Gasteiger partial charge in [0, 0.05) is 17.2 Å². The van der Waals surface area contributed by atoms with E-state index in [1.54, 1.807) is 12.1 Å². The zero-order valence-electron chi connectivity index (χ0n) is 11.6. The second-order valence-corrected chi connectivity index (χ2v) is 4.78. The molecule has 0 fully saturated rings. The van der Waals surface area contributed by atoms with Crippen molar-refractivity contribution in [1.82, 2.24) is 0 Å². The van der Waals surface area contributed by atoms with E-state index in [1.165, 1.54) is 12.1 Å². The third-order valence-corrected chi connectivity index (χ3v) is 3.28. The van der Waals surface area contributed by atoms with Gasteiger partial charge in [-0.3, -0.25) is 4.79 Å². The van der Waals surface area contributed by atoms with Gasteiger partial charge >= 0.3 is 0 Å². The minimum absolute atomic E-state index is 0.132. The lowest BCUT2D eigenvalue weighted by Gasteiger charge is -2.02. The standard InChI is InChI=1S/C17H18O3/c1-4-5-6-15-16(11(2)12(3)20-15)17(19)13-7-9-14(18)10-8-13/h7-10,18H,2-6H2,1H3. The lowest BCUT2D eigenvalue weighted by molar-refractivity contribution is 0.103. The Kier molecular flexibility index (Phi) is 4.08. The van der Waals surface area contributed by atoms with Crippen molar-refractivity contribution in [3.05, 3.63) is 51.8 Å². The fourth-order valence-electron chi connectivity index (χ4n) is 2.10. The number of hydrogen-bond acceptors (Lipinski definition) is 3. The molecule has 0 bridgehead atoms. The quantitative estimate of drug-likeness (QED) is 0.849. The molecule has 0 atom stereocenters. The maximum absolute atomic E-state index is 12.6. The molecule has 3 heteroatoms. The molecule has 104 valence electrons. The van der Waals surface area contributed by atoms with E-state index in [-0.39, 0.29) is 11.5 Å². The second-order valence-electron chi connectivity index (χ2n) is 4.78. The number of furan rings is 1. The fourth-order valence-corrected chi connectivity index (χ4v) is 2.10. The first kappa shape index (κ1) is 14.1. The number of ketones is 1. The maximum Gasteiger partial charge on any atom is 0.197 e. The molecule has 2 aromatic rings. The number of aryl methyl sites for hydroxylation is 1. The summed E-state index contributed by atoms with van der Waals surface area (Å²) in [5.74, 6) is 0.646. The first-order chi connectivity index (χ1) is 9.54. The van der Waals surface area contributed by atoms with E-state index in [0.717, 1.165) is 12.8 Å². The normalized spacial score (nSPS) is 10.7. The maximum atomic E-state index is 12.6. The molecule has 0 unspecified atom stereocenters. The van der Waals surface area contributed by atoms with E-state index in [4.69, 9.17) is 4.42 Å². The molecule has 20 heavy (non-hydrogen) atoms. The van der Waals surface area contributed by atoms with Crippen LogP contribution in [0.15, 0.2) is 28.7 Å². The minimum atomic E-state index is -0.139. The van der Waals surface area contributed by atoms with E-state index in [0.29, 0.717) is 33.9 Å². The zero-order valence-corrected chi connectivity index (χ0v) is 11.6. The fraction of sp³-hybridized carbons (Fsp3) is 0.235. The van der Waals surface area contributed by atoms with Crippen molar-refractivity contribution in [3.63, 3.8) is 0 Å². The van der Waals surface area contributed by atoms with Crippen LogP contribution in [0, 0.1) is 0 Å². The van der Waals surface area contributed by atoms with Gasteiger partial charge < -0.3 is 9.52 Å². The molecule has 1 aromatic heterocycles. The molecule has 3 nitrogen and oxygen atoms in total. The summed E-state index contributed by atoms with van der Waals surface area (Å²) >= 11 is 0. The van der Waals surface area contributed by atoms with Gasteiger partial charge in [-0.2, -0.15) is 0 Å². The Morgan fingerprint density at radius 2 is 1.90 bits per heavy atom. The molecular formula is C17H18O3.